The van der Waals surface area contributed by atoms with Gasteiger partial charge in [-0.05, 0) is 37.1 Å². The van der Waals surface area contributed by atoms with Crippen molar-refractivity contribution in [3.63, 3.8) is 0 Å². The maximum Gasteiger partial charge on any atom is 0.159 e. The van der Waals surface area contributed by atoms with Crippen LogP contribution in [0.5, 0.6) is 0 Å². The number of halogens is 2. The second-order valence-electron chi connectivity index (χ2n) is 4.90. The summed E-state index contributed by atoms with van der Waals surface area (Å²) >= 11 is 0. The first-order valence-corrected chi connectivity index (χ1v) is 6.96. The number of aromatic nitrogens is 2. The fourth-order valence-corrected chi connectivity index (χ4v) is 2.04. The molecule has 4 nitrogen and oxygen atoms in total. The molecule has 0 bridgehead atoms. The Hall–Kier alpha value is -1.79. The lowest BCUT2D eigenvalue weighted by Gasteiger charge is -2.12. The Labute approximate surface area is 122 Å². The van der Waals surface area contributed by atoms with E-state index in [0.717, 1.165) is 38.1 Å². The Morgan fingerprint density at radius 2 is 2.10 bits per heavy atom. The molecule has 1 heterocycles. The van der Waals surface area contributed by atoms with Crippen LogP contribution >= 0.6 is 0 Å². The first-order valence-electron chi connectivity index (χ1n) is 6.96. The van der Waals surface area contributed by atoms with Crippen LogP contribution in [0.15, 0.2) is 36.9 Å². The molecule has 0 fully saturated rings. The third-order valence-electron chi connectivity index (χ3n) is 3.25. The standard InChI is InChI=1S/C15H19F2N3O/c16-13-4-3-12(9-14(13)17)15(21)10-18-5-1-2-7-20-8-6-19-11-20/h3-4,6,8-9,11,15,18,21H,1-2,5,7,10H2. The van der Waals surface area contributed by atoms with Gasteiger partial charge >= 0.3 is 0 Å². The number of hydrogen-bond acceptors (Lipinski definition) is 3. The van der Waals surface area contributed by atoms with Gasteiger partial charge < -0.3 is 15.0 Å². The van der Waals surface area contributed by atoms with E-state index in [-0.39, 0.29) is 0 Å². The summed E-state index contributed by atoms with van der Waals surface area (Å²) in [6.07, 6.45) is 6.57. The van der Waals surface area contributed by atoms with Gasteiger partial charge in [0.15, 0.2) is 11.6 Å². The van der Waals surface area contributed by atoms with Gasteiger partial charge in [0.25, 0.3) is 0 Å². The number of nitrogens with one attached hydrogen (secondary N) is 1. The van der Waals surface area contributed by atoms with Crippen LogP contribution in [-0.4, -0.2) is 27.7 Å². The fourth-order valence-electron chi connectivity index (χ4n) is 2.04. The van der Waals surface area contributed by atoms with E-state index in [1.165, 1.54) is 6.07 Å². The molecule has 21 heavy (non-hydrogen) atoms. The predicted octanol–water partition coefficient (Wildman–Crippen LogP) is 2.26. The summed E-state index contributed by atoms with van der Waals surface area (Å²) in [5.74, 6) is -1.84. The maximum atomic E-state index is 13.0. The second-order valence-corrected chi connectivity index (χ2v) is 4.90. The number of aliphatic hydroxyl groups is 1. The number of benzene rings is 1. The molecule has 1 atom stereocenters. The van der Waals surface area contributed by atoms with Crippen LogP contribution < -0.4 is 5.32 Å². The van der Waals surface area contributed by atoms with E-state index in [9.17, 15) is 13.9 Å². The smallest absolute Gasteiger partial charge is 0.159 e. The molecule has 2 N–H and O–H groups in total. The van der Waals surface area contributed by atoms with Crippen molar-refractivity contribution >= 4 is 0 Å². The lowest BCUT2D eigenvalue weighted by atomic mass is 10.1. The molecule has 0 aliphatic carbocycles. The van der Waals surface area contributed by atoms with Gasteiger partial charge in [-0.3, -0.25) is 0 Å². The number of unbranched alkanes of at least 4 members (excludes halogenated alkanes) is 1. The molecule has 0 saturated carbocycles. The molecular formula is C15H19F2N3O. The minimum absolute atomic E-state index is 0.316. The normalized spacial score (nSPS) is 12.5. The molecule has 0 radical (unpaired) electrons. The van der Waals surface area contributed by atoms with Gasteiger partial charge in [-0.25, -0.2) is 13.8 Å². The van der Waals surface area contributed by atoms with Crippen molar-refractivity contribution in [1.82, 2.24) is 14.9 Å². The van der Waals surface area contributed by atoms with Crippen LogP contribution in [0.2, 0.25) is 0 Å². The van der Waals surface area contributed by atoms with Crippen LogP contribution in [0.1, 0.15) is 24.5 Å². The number of aliphatic hydroxyl groups excluding tert-OH is 1. The Morgan fingerprint density at radius 1 is 1.24 bits per heavy atom. The first kappa shape index (κ1) is 15.6. The minimum atomic E-state index is -0.938. The van der Waals surface area contributed by atoms with E-state index < -0.39 is 17.7 Å². The van der Waals surface area contributed by atoms with Crippen LogP contribution in [0, 0.1) is 11.6 Å². The zero-order valence-corrected chi connectivity index (χ0v) is 11.7. The third-order valence-corrected chi connectivity index (χ3v) is 3.25. The summed E-state index contributed by atoms with van der Waals surface area (Å²) in [4.78, 5) is 3.96. The Morgan fingerprint density at radius 3 is 2.81 bits per heavy atom. The van der Waals surface area contributed by atoms with Crippen molar-refractivity contribution in [3.05, 3.63) is 54.1 Å². The SMILES string of the molecule is OC(CNCCCCn1ccnc1)c1ccc(F)c(F)c1. The lowest BCUT2D eigenvalue weighted by molar-refractivity contribution is 0.174. The number of imidazole rings is 1. The van der Waals surface area contributed by atoms with Crippen molar-refractivity contribution in [1.29, 1.82) is 0 Å². The van der Waals surface area contributed by atoms with E-state index in [2.05, 4.69) is 10.3 Å². The molecule has 0 amide bonds. The molecular weight excluding hydrogens is 276 g/mol. The molecule has 2 rings (SSSR count). The zero-order chi connectivity index (χ0) is 15.1. The summed E-state index contributed by atoms with van der Waals surface area (Å²) in [5, 5.41) is 13.0. The molecule has 6 heteroatoms. The molecule has 2 aromatic rings. The highest BCUT2D eigenvalue weighted by atomic mass is 19.2. The van der Waals surface area contributed by atoms with Crippen molar-refractivity contribution < 1.29 is 13.9 Å². The van der Waals surface area contributed by atoms with E-state index in [1.54, 1.807) is 12.5 Å². The van der Waals surface area contributed by atoms with Gasteiger partial charge in [0.05, 0.1) is 12.4 Å². The highest BCUT2D eigenvalue weighted by Gasteiger charge is 2.10. The lowest BCUT2D eigenvalue weighted by Crippen LogP contribution is -2.22. The Balaban J connectivity index is 1.62. The molecule has 1 unspecified atom stereocenters. The monoisotopic (exact) mass is 295 g/mol. The van der Waals surface area contributed by atoms with E-state index >= 15 is 0 Å². The molecule has 114 valence electrons. The zero-order valence-electron chi connectivity index (χ0n) is 11.7. The van der Waals surface area contributed by atoms with Gasteiger partial charge in [-0.15, -0.1) is 0 Å². The molecule has 0 aliphatic heterocycles. The first-order chi connectivity index (χ1) is 10.2. The van der Waals surface area contributed by atoms with Gasteiger partial charge in [0, 0.05) is 25.5 Å². The summed E-state index contributed by atoms with van der Waals surface area (Å²) in [6.45, 7) is 1.99. The number of nitrogens with zero attached hydrogens (tertiary/aromatic N) is 2. The number of aryl methyl sites for hydroxylation is 1. The van der Waals surface area contributed by atoms with Gasteiger partial charge in [-0.2, -0.15) is 0 Å². The summed E-state index contributed by atoms with van der Waals surface area (Å²) in [7, 11) is 0. The quantitative estimate of drug-likeness (QED) is 0.735. The van der Waals surface area contributed by atoms with Gasteiger partial charge in [0.2, 0.25) is 0 Å². The van der Waals surface area contributed by atoms with Crippen LogP contribution in [0.4, 0.5) is 8.78 Å². The maximum absolute atomic E-state index is 13.0. The fraction of sp³-hybridized carbons (Fsp3) is 0.400. The van der Waals surface area contributed by atoms with E-state index in [0.29, 0.717) is 12.1 Å². The van der Waals surface area contributed by atoms with Crippen LogP contribution in [0.25, 0.3) is 0 Å². The largest absolute Gasteiger partial charge is 0.387 e. The van der Waals surface area contributed by atoms with Gasteiger partial charge in [0.1, 0.15) is 0 Å². The number of hydrogen-bond donors (Lipinski definition) is 2. The topological polar surface area (TPSA) is 50.1 Å². The number of rotatable bonds is 8. The van der Waals surface area contributed by atoms with E-state index in [1.807, 2.05) is 10.8 Å². The van der Waals surface area contributed by atoms with Crippen molar-refractivity contribution in [3.8, 4) is 0 Å². The molecule has 0 aliphatic rings. The highest BCUT2D eigenvalue weighted by Crippen LogP contribution is 2.15. The predicted molar refractivity (Wildman–Crippen MR) is 75.6 cm³/mol. The van der Waals surface area contributed by atoms with Gasteiger partial charge in [-0.1, -0.05) is 6.07 Å². The Bertz CT molecular complexity index is 546. The summed E-state index contributed by atoms with van der Waals surface area (Å²) in [5.41, 5.74) is 0.375. The van der Waals surface area contributed by atoms with Crippen molar-refractivity contribution in [2.24, 2.45) is 0 Å². The average molecular weight is 295 g/mol. The van der Waals surface area contributed by atoms with E-state index in [4.69, 9.17) is 0 Å². The third kappa shape index (κ3) is 4.91. The van der Waals surface area contributed by atoms with Crippen LogP contribution in [-0.2, 0) is 6.54 Å². The highest BCUT2D eigenvalue weighted by molar-refractivity contribution is 5.20. The van der Waals surface area contributed by atoms with Crippen molar-refractivity contribution in [2.45, 2.75) is 25.5 Å². The van der Waals surface area contributed by atoms with Crippen LogP contribution in [0.3, 0.4) is 0 Å². The second kappa shape index (κ2) is 7.85. The molecule has 0 saturated heterocycles. The average Bonchev–Trinajstić information content (AvgIpc) is 2.98. The summed E-state index contributed by atoms with van der Waals surface area (Å²) in [6, 6.07) is 3.45. The minimum Gasteiger partial charge on any atom is -0.387 e. The molecule has 1 aromatic heterocycles. The molecule has 1 aromatic carbocycles. The summed E-state index contributed by atoms with van der Waals surface area (Å²) < 4.78 is 27.9. The Kier molecular flexibility index (Phi) is 5.83. The molecule has 0 spiro atoms. The van der Waals surface area contributed by atoms with Crippen molar-refractivity contribution in [2.75, 3.05) is 13.1 Å².